The maximum absolute atomic E-state index is 13.0. The zero-order chi connectivity index (χ0) is 25.2. The molecule has 2 atom stereocenters. The number of anilines is 2. The number of amides is 1. The van der Waals surface area contributed by atoms with Crippen molar-refractivity contribution in [3.8, 4) is 0 Å². The van der Waals surface area contributed by atoms with E-state index < -0.39 is 0 Å². The second kappa shape index (κ2) is 11.1. The molecule has 2 saturated heterocycles. The molecule has 1 amide bonds. The zero-order valence-electron chi connectivity index (χ0n) is 20.4. The summed E-state index contributed by atoms with van der Waals surface area (Å²) >= 11 is 14.0. The van der Waals surface area contributed by atoms with E-state index in [9.17, 15) is 4.79 Å². The Kier molecular flexibility index (Phi) is 7.83. The summed E-state index contributed by atoms with van der Waals surface area (Å²) in [6.07, 6.45) is 0.308. The van der Waals surface area contributed by atoms with Gasteiger partial charge in [0.15, 0.2) is 0 Å². The van der Waals surface area contributed by atoms with Crippen LogP contribution in [0.1, 0.15) is 19.4 Å². The molecule has 2 aliphatic heterocycles. The van der Waals surface area contributed by atoms with Gasteiger partial charge in [-0.05, 0) is 43.0 Å². The fraction of sp³-hybridized carbons (Fsp3) is 0.480. The van der Waals surface area contributed by atoms with Crippen LogP contribution in [0.2, 0.25) is 10.0 Å². The van der Waals surface area contributed by atoms with Crippen LogP contribution in [0, 0.1) is 0 Å². The highest BCUT2D eigenvalue weighted by Gasteiger charge is 2.28. The average Bonchev–Trinajstić information content (AvgIpc) is 3.32. The maximum Gasteiger partial charge on any atom is 0.236 e. The van der Waals surface area contributed by atoms with Gasteiger partial charge in [0.25, 0.3) is 0 Å². The highest BCUT2D eigenvalue weighted by Crippen LogP contribution is 2.30. The number of nitrogens with zero attached hydrogens (tertiary/aromatic N) is 5. The summed E-state index contributed by atoms with van der Waals surface area (Å²) in [7, 11) is 0. The molecule has 0 aliphatic carbocycles. The average molecular weight is 550 g/mol. The Morgan fingerprint density at radius 1 is 1.11 bits per heavy atom. The SMILES string of the molecule is C[C@@H]1CN(CC(=O)N2CCN(c3nc(NCc4ccc(Cl)cc4Cl)c4sccc4n3)CC2)C[C@H](C)O1. The lowest BCUT2D eigenvalue weighted by Gasteiger charge is -2.38. The number of nitrogens with one attached hydrogen (secondary N) is 1. The number of carbonyl (C=O) groups excluding carboxylic acids is 1. The van der Waals surface area contributed by atoms with E-state index >= 15 is 0 Å². The summed E-state index contributed by atoms with van der Waals surface area (Å²) in [6, 6.07) is 7.50. The van der Waals surface area contributed by atoms with Gasteiger partial charge in [-0.2, -0.15) is 4.98 Å². The number of halogens is 2. The van der Waals surface area contributed by atoms with Crippen molar-refractivity contribution in [1.29, 1.82) is 0 Å². The molecule has 11 heteroatoms. The topological polar surface area (TPSA) is 73.8 Å². The summed E-state index contributed by atoms with van der Waals surface area (Å²) in [5, 5.41) is 6.69. The van der Waals surface area contributed by atoms with Gasteiger partial charge in [-0.1, -0.05) is 29.3 Å². The van der Waals surface area contributed by atoms with Crippen molar-refractivity contribution in [2.24, 2.45) is 0 Å². The van der Waals surface area contributed by atoms with Crippen molar-refractivity contribution in [2.45, 2.75) is 32.6 Å². The normalized spacial score (nSPS) is 21.2. The minimum atomic E-state index is 0.154. The monoisotopic (exact) mass is 548 g/mol. The first-order valence-corrected chi connectivity index (χ1v) is 13.8. The fourth-order valence-electron chi connectivity index (χ4n) is 4.82. The number of fused-ring (bicyclic) bond motifs is 1. The second-order valence-corrected chi connectivity index (χ2v) is 11.2. The Morgan fingerprint density at radius 2 is 1.86 bits per heavy atom. The molecule has 5 rings (SSSR count). The lowest BCUT2D eigenvalue weighted by atomic mass is 10.2. The smallest absolute Gasteiger partial charge is 0.236 e. The molecular formula is C25H30Cl2N6O2S. The molecule has 1 aromatic carbocycles. The van der Waals surface area contributed by atoms with Crippen LogP contribution >= 0.6 is 34.5 Å². The van der Waals surface area contributed by atoms with Crippen LogP contribution in [-0.2, 0) is 16.1 Å². The molecule has 0 bridgehead atoms. The number of ether oxygens (including phenoxy) is 1. The van der Waals surface area contributed by atoms with Crippen molar-refractivity contribution in [3.05, 3.63) is 45.3 Å². The van der Waals surface area contributed by atoms with Gasteiger partial charge in [0.2, 0.25) is 11.9 Å². The number of hydrogen-bond acceptors (Lipinski definition) is 8. The molecule has 8 nitrogen and oxygen atoms in total. The van der Waals surface area contributed by atoms with E-state index in [1.165, 1.54) is 0 Å². The summed E-state index contributed by atoms with van der Waals surface area (Å²) in [6.45, 7) is 9.37. The van der Waals surface area contributed by atoms with Gasteiger partial charge in [-0.15, -0.1) is 11.3 Å². The highest BCUT2D eigenvalue weighted by atomic mass is 35.5. The van der Waals surface area contributed by atoms with Gasteiger partial charge in [0, 0.05) is 55.9 Å². The lowest BCUT2D eigenvalue weighted by molar-refractivity contribution is -0.136. The molecule has 4 heterocycles. The van der Waals surface area contributed by atoms with Crippen LogP contribution in [0.25, 0.3) is 10.2 Å². The summed E-state index contributed by atoms with van der Waals surface area (Å²) < 4.78 is 6.80. The number of thiophene rings is 1. The third kappa shape index (κ3) is 5.86. The minimum Gasteiger partial charge on any atom is -0.373 e. The van der Waals surface area contributed by atoms with Crippen molar-refractivity contribution in [1.82, 2.24) is 19.8 Å². The van der Waals surface area contributed by atoms with Gasteiger partial charge < -0.3 is 19.9 Å². The minimum absolute atomic E-state index is 0.154. The van der Waals surface area contributed by atoms with Gasteiger partial charge in [0.05, 0.1) is 29.0 Å². The van der Waals surface area contributed by atoms with Gasteiger partial charge >= 0.3 is 0 Å². The lowest BCUT2D eigenvalue weighted by Crippen LogP contribution is -2.54. The third-order valence-electron chi connectivity index (χ3n) is 6.52. The largest absolute Gasteiger partial charge is 0.373 e. The molecular weight excluding hydrogens is 519 g/mol. The molecule has 3 aromatic rings. The van der Waals surface area contributed by atoms with Gasteiger partial charge in [-0.25, -0.2) is 4.98 Å². The van der Waals surface area contributed by atoms with E-state index in [1.807, 2.05) is 28.5 Å². The quantitative estimate of drug-likeness (QED) is 0.490. The second-order valence-electron chi connectivity index (χ2n) is 9.42. The van der Waals surface area contributed by atoms with Crippen LogP contribution < -0.4 is 10.2 Å². The fourth-order valence-corrected chi connectivity index (χ4v) is 6.09. The van der Waals surface area contributed by atoms with Crippen molar-refractivity contribution < 1.29 is 9.53 Å². The highest BCUT2D eigenvalue weighted by molar-refractivity contribution is 7.17. The Bertz CT molecular complexity index is 1220. The van der Waals surface area contributed by atoms with Gasteiger partial charge in [-0.3, -0.25) is 9.69 Å². The first-order valence-electron chi connectivity index (χ1n) is 12.2. The van der Waals surface area contributed by atoms with Crippen LogP contribution in [0.5, 0.6) is 0 Å². The van der Waals surface area contributed by atoms with Crippen LogP contribution in [-0.4, -0.2) is 83.7 Å². The standard InChI is InChI=1S/C25H30Cl2N6O2S/c1-16-13-31(14-17(2)35-16)15-22(34)32-6-8-33(9-7-32)25-29-21-5-10-36-23(21)24(30-25)28-12-18-3-4-19(26)11-20(18)27/h3-5,10-11,16-17H,6-9,12-15H2,1-2H3,(H,28,29,30)/t16-,17+. The molecule has 2 aliphatic rings. The molecule has 0 saturated carbocycles. The summed E-state index contributed by atoms with van der Waals surface area (Å²) in [5.41, 5.74) is 1.85. The van der Waals surface area contributed by atoms with Gasteiger partial charge in [0.1, 0.15) is 5.82 Å². The van der Waals surface area contributed by atoms with E-state index in [4.69, 9.17) is 37.9 Å². The molecule has 0 unspecified atom stereocenters. The molecule has 1 N–H and O–H groups in total. The Balaban J connectivity index is 1.23. The maximum atomic E-state index is 13.0. The number of carbonyl (C=O) groups is 1. The molecule has 192 valence electrons. The number of benzene rings is 1. The van der Waals surface area contributed by atoms with E-state index in [-0.39, 0.29) is 18.1 Å². The number of morpholine rings is 1. The van der Waals surface area contributed by atoms with E-state index in [1.54, 1.807) is 17.4 Å². The number of rotatable bonds is 6. The van der Waals surface area contributed by atoms with E-state index in [0.29, 0.717) is 55.3 Å². The van der Waals surface area contributed by atoms with Crippen molar-refractivity contribution >= 4 is 62.4 Å². The van der Waals surface area contributed by atoms with Crippen LogP contribution in [0.4, 0.5) is 11.8 Å². The Morgan fingerprint density at radius 3 is 2.58 bits per heavy atom. The third-order valence-corrected chi connectivity index (χ3v) is 8.02. The molecule has 0 spiro atoms. The predicted molar refractivity (Wildman–Crippen MR) is 146 cm³/mol. The molecule has 2 aromatic heterocycles. The Labute approximate surface area is 225 Å². The summed E-state index contributed by atoms with van der Waals surface area (Å²) in [5.74, 6) is 1.63. The first-order chi connectivity index (χ1) is 17.4. The molecule has 0 radical (unpaired) electrons. The van der Waals surface area contributed by atoms with E-state index in [2.05, 4.69) is 29.0 Å². The zero-order valence-corrected chi connectivity index (χ0v) is 22.7. The number of aromatic nitrogens is 2. The van der Waals surface area contributed by atoms with Crippen LogP contribution in [0.3, 0.4) is 0 Å². The van der Waals surface area contributed by atoms with Crippen molar-refractivity contribution in [2.75, 3.05) is 56.0 Å². The van der Waals surface area contributed by atoms with Crippen LogP contribution in [0.15, 0.2) is 29.6 Å². The predicted octanol–water partition coefficient (Wildman–Crippen LogP) is 4.37. The molecule has 36 heavy (non-hydrogen) atoms. The number of hydrogen-bond donors (Lipinski definition) is 1. The Hall–Kier alpha value is -2.17. The van der Waals surface area contributed by atoms with Crippen molar-refractivity contribution in [3.63, 3.8) is 0 Å². The van der Waals surface area contributed by atoms with E-state index in [0.717, 1.165) is 34.7 Å². The summed E-state index contributed by atoms with van der Waals surface area (Å²) in [4.78, 5) is 28.9. The molecule has 2 fully saturated rings. The number of piperazine rings is 1. The first kappa shape index (κ1) is 25.5.